The van der Waals surface area contributed by atoms with Gasteiger partial charge in [0.2, 0.25) is 5.91 Å². The predicted octanol–water partition coefficient (Wildman–Crippen LogP) is 2.49. The fourth-order valence-corrected chi connectivity index (χ4v) is 2.83. The average molecular weight is 290 g/mol. The third-order valence-electron chi connectivity index (χ3n) is 4.26. The minimum absolute atomic E-state index is 0.156. The molecule has 0 unspecified atom stereocenters. The van der Waals surface area contributed by atoms with E-state index in [0.717, 1.165) is 37.0 Å². The van der Waals surface area contributed by atoms with E-state index in [2.05, 4.69) is 0 Å². The van der Waals surface area contributed by atoms with Gasteiger partial charge < -0.3 is 15.4 Å². The highest BCUT2D eigenvalue weighted by Crippen LogP contribution is 2.21. The predicted molar refractivity (Wildman–Crippen MR) is 84.3 cm³/mol. The number of rotatable bonds is 5. The van der Waals surface area contributed by atoms with Gasteiger partial charge in [-0.1, -0.05) is 12.1 Å². The molecule has 0 aromatic heterocycles. The Balaban J connectivity index is 1.74. The summed E-state index contributed by atoms with van der Waals surface area (Å²) in [5, 5.41) is 0. The van der Waals surface area contributed by atoms with E-state index in [1.807, 2.05) is 43.1 Å². The standard InChI is InChI=1S/C17H26N2O2/c1-13-4-3-5-16(12-13)21-11-10-17(20)19(2)15-8-6-14(18)7-9-15/h3-5,12,14-15H,6-11,18H2,1-2H3. The summed E-state index contributed by atoms with van der Waals surface area (Å²) in [6.45, 7) is 2.46. The molecule has 1 fully saturated rings. The van der Waals surface area contributed by atoms with Crippen molar-refractivity contribution >= 4 is 5.91 Å². The number of hydrogen-bond acceptors (Lipinski definition) is 3. The van der Waals surface area contributed by atoms with Crippen molar-refractivity contribution in [2.45, 2.75) is 51.1 Å². The SMILES string of the molecule is Cc1cccc(OCCC(=O)N(C)C2CCC(N)CC2)c1. The van der Waals surface area contributed by atoms with Crippen LogP contribution in [-0.2, 0) is 4.79 Å². The molecule has 4 nitrogen and oxygen atoms in total. The van der Waals surface area contributed by atoms with Gasteiger partial charge in [-0.25, -0.2) is 0 Å². The van der Waals surface area contributed by atoms with Crippen molar-refractivity contribution in [1.29, 1.82) is 0 Å². The minimum atomic E-state index is 0.156. The molecule has 4 heteroatoms. The number of amides is 1. The number of nitrogens with zero attached hydrogens (tertiary/aromatic N) is 1. The van der Waals surface area contributed by atoms with E-state index in [9.17, 15) is 4.79 Å². The Hall–Kier alpha value is -1.55. The highest BCUT2D eigenvalue weighted by Gasteiger charge is 2.24. The smallest absolute Gasteiger partial charge is 0.225 e. The van der Waals surface area contributed by atoms with Crippen molar-refractivity contribution in [3.63, 3.8) is 0 Å². The molecule has 1 aromatic carbocycles. The number of ether oxygens (including phenoxy) is 1. The van der Waals surface area contributed by atoms with Crippen LogP contribution in [0.25, 0.3) is 0 Å². The van der Waals surface area contributed by atoms with Crippen LogP contribution in [0.15, 0.2) is 24.3 Å². The second-order valence-corrected chi connectivity index (χ2v) is 5.99. The molecule has 0 spiro atoms. The Labute approximate surface area is 127 Å². The molecule has 0 heterocycles. The molecule has 2 N–H and O–H groups in total. The Bertz CT molecular complexity index is 468. The molecule has 0 radical (unpaired) electrons. The third kappa shape index (κ3) is 4.74. The molecule has 0 atom stereocenters. The lowest BCUT2D eigenvalue weighted by molar-refractivity contribution is -0.133. The average Bonchev–Trinajstić information content (AvgIpc) is 2.47. The molecule has 0 saturated heterocycles. The van der Waals surface area contributed by atoms with Crippen molar-refractivity contribution < 1.29 is 9.53 Å². The van der Waals surface area contributed by atoms with Gasteiger partial charge in [0, 0.05) is 19.1 Å². The zero-order valence-electron chi connectivity index (χ0n) is 13.0. The molecule has 1 aliphatic rings. The molecule has 2 rings (SSSR count). The summed E-state index contributed by atoms with van der Waals surface area (Å²) in [6.07, 6.45) is 4.49. The van der Waals surface area contributed by atoms with Gasteiger partial charge in [0.05, 0.1) is 13.0 Å². The van der Waals surface area contributed by atoms with E-state index in [1.54, 1.807) is 0 Å². The van der Waals surface area contributed by atoms with Crippen LogP contribution in [0.1, 0.15) is 37.7 Å². The maximum atomic E-state index is 12.2. The van der Waals surface area contributed by atoms with Gasteiger partial charge in [-0.3, -0.25) is 4.79 Å². The summed E-state index contributed by atoms with van der Waals surface area (Å²) in [7, 11) is 1.90. The number of aryl methyl sites for hydroxylation is 1. The first kappa shape index (κ1) is 15.8. The summed E-state index contributed by atoms with van der Waals surface area (Å²) >= 11 is 0. The fourth-order valence-electron chi connectivity index (χ4n) is 2.83. The fraction of sp³-hybridized carbons (Fsp3) is 0.588. The van der Waals surface area contributed by atoms with Gasteiger partial charge >= 0.3 is 0 Å². The van der Waals surface area contributed by atoms with E-state index < -0.39 is 0 Å². The van der Waals surface area contributed by atoms with Gasteiger partial charge in [-0.2, -0.15) is 0 Å². The second-order valence-electron chi connectivity index (χ2n) is 5.99. The number of nitrogens with two attached hydrogens (primary N) is 1. The molecule has 1 saturated carbocycles. The summed E-state index contributed by atoms with van der Waals surface area (Å²) in [5.74, 6) is 0.984. The molecule has 116 valence electrons. The monoisotopic (exact) mass is 290 g/mol. The number of benzene rings is 1. The quantitative estimate of drug-likeness (QED) is 0.906. The summed E-state index contributed by atoms with van der Waals surface area (Å²) in [5.41, 5.74) is 7.07. The topological polar surface area (TPSA) is 55.6 Å². The maximum Gasteiger partial charge on any atom is 0.225 e. The largest absolute Gasteiger partial charge is 0.493 e. The van der Waals surface area contributed by atoms with Crippen LogP contribution in [-0.4, -0.2) is 36.5 Å². The van der Waals surface area contributed by atoms with Crippen LogP contribution in [0, 0.1) is 6.92 Å². The molecule has 0 bridgehead atoms. The maximum absolute atomic E-state index is 12.2. The van der Waals surface area contributed by atoms with Crippen molar-refractivity contribution in [2.24, 2.45) is 5.73 Å². The van der Waals surface area contributed by atoms with E-state index in [1.165, 1.54) is 0 Å². The molecule has 1 amide bonds. The third-order valence-corrected chi connectivity index (χ3v) is 4.26. The highest BCUT2D eigenvalue weighted by molar-refractivity contribution is 5.76. The van der Waals surface area contributed by atoms with E-state index >= 15 is 0 Å². The number of carbonyl (C=O) groups excluding carboxylic acids is 1. The molecular weight excluding hydrogens is 264 g/mol. The van der Waals surface area contributed by atoms with Gasteiger partial charge in [0.25, 0.3) is 0 Å². The first-order valence-electron chi connectivity index (χ1n) is 7.77. The Morgan fingerprint density at radius 2 is 2.05 bits per heavy atom. The van der Waals surface area contributed by atoms with Gasteiger partial charge in [0.15, 0.2) is 0 Å². The summed E-state index contributed by atoms with van der Waals surface area (Å²) in [4.78, 5) is 14.1. The van der Waals surface area contributed by atoms with Gasteiger partial charge in [-0.15, -0.1) is 0 Å². The first-order chi connectivity index (χ1) is 10.1. The Morgan fingerprint density at radius 1 is 1.33 bits per heavy atom. The molecular formula is C17H26N2O2. The van der Waals surface area contributed by atoms with Crippen molar-refractivity contribution in [3.05, 3.63) is 29.8 Å². The minimum Gasteiger partial charge on any atom is -0.493 e. The molecule has 1 aliphatic carbocycles. The zero-order valence-corrected chi connectivity index (χ0v) is 13.0. The van der Waals surface area contributed by atoms with E-state index in [-0.39, 0.29) is 5.91 Å². The molecule has 0 aliphatic heterocycles. The van der Waals surface area contributed by atoms with Crippen LogP contribution in [0.3, 0.4) is 0 Å². The van der Waals surface area contributed by atoms with Crippen LogP contribution in [0.2, 0.25) is 0 Å². The van der Waals surface area contributed by atoms with Crippen molar-refractivity contribution in [3.8, 4) is 5.75 Å². The van der Waals surface area contributed by atoms with Crippen LogP contribution < -0.4 is 10.5 Å². The van der Waals surface area contributed by atoms with E-state index in [4.69, 9.17) is 10.5 Å². The van der Waals surface area contributed by atoms with Gasteiger partial charge in [-0.05, 0) is 50.3 Å². The summed E-state index contributed by atoms with van der Waals surface area (Å²) in [6, 6.07) is 8.55. The van der Waals surface area contributed by atoms with Crippen molar-refractivity contribution in [2.75, 3.05) is 13.7 Å². The lowest BCUT2D eigenvalue weighted by atomic mass is 9.91. The lowest BCUT2D eigenvalue weighted by Crippen LogP contribution is -2.42. The Morgan fingerprint density at radius 3 is 2.71 bits per heavy atom. The zero-order chi connectivity index (χ0) is 15.2. The van der Waals surface area contributed by atoms with E-state index in [0.29, 0.717) is 25.1 Å². The Kier molecular flexibility index (Phi) is 5.62. The highest BCUT2D eigenvalue weighted by atomic mass is 16.5. The molecule has 21 heavy (non-hydrogen) atoms. The van der Waals surface area contributed by atoms with Gasteiger partial charge in [0.1, 0.15) is 5.75 Å². The lowest BCUT2D eigenvalue weighted by Gasteiger charge is -2.33. The number of carbonyl (C=O) groups is 1. The van der Waals surface area contributed by atoms with Crippen LogP contribution in [0.5, 0.6) is 5.75 Å². The normalized spacial score (nSPS) is 21.9. The second kappa shape index (κ2) is 7.46. The summed E-state index contributed by atoms with van der Waals surface area (Å²) < 4.78 is 5.64. The van der Waals surface area contributed by atoms with Crippen LogP contribution >= 0.6 is 0 Å². The first-order valence-corrected chi connectivity index (χ1v) is 7.77. The number of hydrogen-bond donors (Lipinski definition) is 1. The van der Waals surface area contributed by atoms with Crippen molar-refractivity contribution in [1.82, 2.24) is 4.90 Å². The van der Waals surface area contributed by atoms with Crippen LogP contribution in [0.4, 0.5) is 0 Å². The molecule has 1 aromatic rings.